The first-order valence-corrected chi connectivity index (χ1v) is 18.5. The molecule has 3 aliphatic carbocycles. The molecule has 0 aliphatic heterocycles. The second-order valence-corrected chi connectivity index (χ2v) is 13.5. The third-order valence-electron chi connectivity index (χ3n) is 10.0. The summed E-state index contributed by atoms with van der Waals surface area (Å²) in [5.41, 5.74) is 14.8. The van der Waals surface area contributed by atoms with E-state index in [9.17, 15) is 0 Å². The summed E-state index contributed by atoms with van der Waals surface area (Å²) in [5.74, 6) is 0. The molecule has 5 aromatic carbocycles. The molecule has 0 unspecified atom stereocenters. The largest absolute Gasteiger partial charge is 0.315 e. The van der Waals surface area contributed by atoms with Crippen molar-refractivity contribution in [3.63, 3.8) is 0 Å². The minimum absolute atomic E-state index is 0.949. The van der Waals surface area contributed by atoms with Crippen LogP contribution >= 0.6 is 0 Å². The van der Waals surface area contributed by atoms with Crippen LogP contribution in [-0.2, 0) is 0 Å². The van der Waals surface area contributed by atoms with Crippen molar-refractivity contribution in [2.75, 3.05) is 9.80 Å². The van der Waals surface area contributed by atoms with Crippen LogP contribution in [-0.4, -0.2) is 0 Å². The number of allylic oxidation sites excluding steroid dienone is 10. The Labute approximate surface area is 303 Å². The van der Waals surface area contributed by atoms with Crippen LogP contribution in [0.2, 0.25) is 0 Å². The topological polar surface area (TPSA) is 6.48 Å². The highest BCUT2D eigenvalue weighted by atomic mass is 15.2. The predicted octanol–water partition coefficient (Wildman–Crippen LogP) is 13.7. The van der Waals surface area contributed by atoms with E-state index in [4.69, 9.17) is 0 Å². The van der Waals surface area contributed by atoms with Gasteiger partial charge in [-0.15, -0.1) is 0 Å². The molecule has 0 radical (unpaired) electrons. The van der Waals surface area contributed by atoms with E-state index in [1.807, 2.05) is 0 Å². The Balaban J connectivity index is 0.975. The van der Waals surface area contributed by atoms with Gasteiger partial charge in [0, 0.05) is 34.2 Å². The summed E-state index contributed by atoms with van der Waals surface area (Å²) >= 11 is 0. The van der Waals surface area contributed by atoms with Crippen molar-refractivity contribution in [1.82, 2.24) is 0 Å². The molecule has 0 fully saturated rings. The van der Waals surface area contributed by atoms with Gasteiger partial charge in [-0.3, -0.25) is 0 Å². The van der Waals surface area contributed by atoms with E-state index in [2.05, 4.69) is 192 Å². The van der Waals surface area contributed by atoms with E-state index in [0.29, 0.717) is 0 Å². The Hall–Kier alpha value is -5.86. The quantitative estimate of drug-likeness (QED) is 0.155. The highest BCUT2D eigenvalue weighted by molar-refractivity contribution is 5.77. The molecule has 0 atom stereocenters. The number of benzene rings is 5. The first-order chi connectivity index (χ1) is 25.3. The van der Waals surface area contributed by atoms with Crippen molar-refractivity contribution in [2.24, 2.45) is 0 Å². The molecule has 0 aromatic heterocycles. The lowest BCUT2D eigenvalue weighted by molar-refractivity contribution is 0.686. The number of rotatable bonds is 9. The van der Waals surface area contributed by atoms with Gasteiger partial charge in [-0.1, -0.05) is 127 Å². The fraction of sp³-hybridized carbons (Fsp3) is 0.143. The fourth-order valence-electron chi connectivity index (χ4n) is 7.33. The van der Waals surface area contributed by atoms with Crippen molar-refractivity contribution in [2.45, 2.75) is 44.9 Å². The maximum absolute atomic E-state index is 2.48. The molecule has 0 heterocycles. The van der Waals surface area contributed by atoms with E-state index >= 15 is 0 Å². The second-order valence-electron chi connectivity index (χ2n) is 13.5. The summed E-state index contributed by atoms with van der Waals surface area (Å²) < 4.78 is 0. The van der Waals surface area contributed by atoms with Crippen LogP contribution in [0.25, 0.3) is 33.4 Å². The Morgan fingerprint density at radius 3 is 1.45 bits per heavy atom. The van der Waals surface area contributed by atoms with E-state index in [-0.39, 0.29) is 0 Å². The second kappa shape index (κ2) is 15.4. The average Bonchev–Trinajstić information content (AvgIpc) is 3.50. The van der Waals surface area contributed by atoms with E-state index in [0.717, 1.165) is 42.8 Å². The Bertz CT molecular complexity index is 2120. The summed E-state index contributed by atoms with van der Waals surface area (Å²) in [5, 5.41) is 0. The number of nitrogens with zero attached hydrogens (tertiary/aromatic N) is 2. The van der Waals surface area contributed by atoms with Gasteiger partial charge < -0.3 is 9.80 Å². The fourth-order valence-corrected chi connectivity index (χ4v) is 7.33. The molecule has 8 rings (SSSR count). The third kappa shape index (κ3) is 7.37. The molecule has 5 aromatic rings. The summed E-state index contributed by atoms with van der Waals surface area (Å²) in [4.78, 5) is 4.79. The molecular formula is C49H44N2. The summed E-state index contributed by atoms with van der Waals surface area (Å²) in [6, 6.07) is 46.5. The normalized spacial score (nSPS) is 15.4. The van der Waals surface area contributed by atoms with E-state index in [1.165, 1.54) is 69.7 Å². The van der Waals surface area contributed by atoms with Gasteiger partial charge in [-0.2, -0.15) is 0 Å². The smallest absolute Gasteiger partial charge is 0.0462 e. The number of para-hydroxylation sites is 1. The zero-order valence-electron chi connectivity index (χ0n) is 29.2. The molecule has 0 spiro atoms. The summed E-state index contributed by atoms with van der Waals surface area (Å²) in [6.07, 6.45) is 28.4. The minimum atomic E-state index is 0.949. The number of hydrogen-bond donors (Lipinski definition) is 0. The molecule has 51 heavy (non-hydrogen) atoms. The average molecular weight is 661 g/mol. The van der Waals surface area contributed by atoms with Crippen LogP contribution < -0.4 is 9.80 Å². The molecule has 250 valence electrons. The van der Waals surface area contributed by atoms with Gasteiger partial charge in [0.05, 0.1) is 0 Å². The van der Waals surface area contributed by atoms with Gasteiger partial charge in [0.15, 0.2) is 0 Å². The zero-order chi connectivity index (χ0) is 34.2. The maximum atomic E-state index is 2.48. The van der Waals surface area contributed by atoms with Gasteiger partial charge in [0.25, 0.3) is 0 Å². The molecule has 0 saturated heterocycles. The van der Waals surface area contributed by atoms with Crippen molar-refractivity contribution in [3.8, 4) is 33.4 Å². The zero-order valence-corrected chi connectivity index (χ0v) is 29.2. The lowest BCUT2D eigenvalue weighted by atomic mass is 9.97. The van der Waals surface area contributed by atoms with Crippen molar-refractivity contribution in [3.05, 3.63) is 199 Å². The van der Waals surface area contributed by atoms with Crippen molar-refractivity contribution >= 4 is 17.1 Å². The van der Waals surface area contributed by atoms with Crippen molar-refractivity contribution in [1.29, 1.82) is 0 Å². The van der Waals surface area contributed by atoms with Crippen LogP contribution in [0.3, 0.4) is 0 Å². The van der Waals surface area contributed by atoms with Gasteiger partial charge >= 0.3 is 0 Å². The van der Waals surface area contributed by atoms with Gasteiger partial charge in [0.2, 0.25) is 0 Å². The molecule has 3 aliphatic rings. The van der Waals surface area contributed by atoms with Crippen LogP contribution in [0.1, 0.15) is 44.9 Å². The van der Waals surface area contributed by atoms with Crippen LogP contribution in [0.4, 0.5) is 17.1 Å². The van der Waals surface area contributed by atoms with Crippen molar-refractivity contribution < 1.29 is 0 Å². The summed E-state index contributed by atoms with van der Waals surface area (Å²) in [6.45, 7) is 0. The Morgan fingerprint density at radius 1 is 0.392 bits per heavy atom. The standard InChI is InChI=1S/C49H44N2/c1-2-7-15-44(14-6-1)50(45-16-8-3-9-17-45)48-34-30-42(31-35-48)40-26-22-38(23-27-40)39-24-28-41(29-25-39)43-32-36-49(37-33-43)51(46-18-10-4-11-19-46)47-20-12-5-13-21-47/h1,3,6-10,14-20,22-37H,2,4-5,11-13,21H2. The molecule has 0 N–H and O–H groups in total. The molecule has 2 heteroatoms. The first-order valence-electron chi connectivity index (χ1n) is 18.5. The van der Waals surface area contributed by atoms with Gasteiger partial charge in [0.1, 0.15) is 0 Å². The lowest BCUT2D eigenvalue weighted by Gasteiger charge is -2.31. The summed E-state index contributed by atoms with van der Waals surface area (Å²) in [7, 11) is 0. The Morgan fingerprint density at radius 2 is 0.922 bits per heavy atom. The highest BCUT2D eigenvalue weighted by Crippen LogP contribution is 2.36. The SMILES string of the molecule is C1=CCC=CC(N(c2ccccc2)c2ccc(-c3ccc(-c4ccc(-c5ccc(N(C6=CCCC=C6)C6=CCCCC6)cc5)cc4)cc3)cc2)=C1. The minimum Gasteiger partial charge on any atom is -0.315 e. The van der Waals surface area contributed by atoms with E-state index in [1.54, 1.807) is 0 Å². The molecule has 0 saturated carbocycles. The van der Waals surface area contributed by atoms with Crippen LogP contribution in [0.15, 0.2) is 199 Å². The molecular weight excluding hydrogens is 617 g/mol. The first kappa shape index (κ1) is 32.4. The van der Waals surface area contributed by atoms with Gasteiger partial charge in [-0.25, -0.2) is 0 Å². The molecule has 0 bridgehead atoms. The molecule has 2 nitrogen and oxygen atoms in total. The highest BCUT2D eigenvalue weighted by Gasteiger charge is 2.18. The van der Waals surface area contributed by atoms with Gasteiger partial charge in [-0.05, 0) is 133 Å². The Kier molecular flexibility index (Phi) is 9.74. The number of hydrogen-bond acceptors (Lipinski definition) is 2. The van der Waals surface area contributed by atoms with Crippen LogP contribution in [0, 0.1) is 0 Å². The van der Waals surface area contributed by atoms with E-state index < -0.39 is 0 Å². The lowest BCUT2D eigenvalue weighted by Crippen LogP contribution is -2.22. The monoisotopic (exact) mass is 660 g/mol. The number of anilines is 3. The third-order valence-corrected chi connectivity index (χ3v) is 10.0. The molecule has 0 amide bonds. The predicted molar refractivity (Wildman–Crippen MR) is 218 cm³/mol. The van der Waals surface area contributed by atoms with Crippen LogP contribution in [0.5, 0.6) is 0 Å². The maximum Gasteiger partial charge on any atom is 0.0462 e.